The smallest absolute Gasteiger partial charge is 0.348 e. The Morgan fingerprint density at radius 2 is 1.48 bits per heavy atom. The summed E-state index contributed by atoms with van der Waals surface area (Å²) in [5.41, 5.74) is 2.23. The van der Waals surface area contributed by atoms with E-state index < -0.39 is 0 Å². The van der Waals surface area contributed by atoms with Crippen LogP contribution in [0.25, 0.3) is 10.9 Å². The van der Waals surface area contributed by atoms with Gasteiger partial charge in [-0.2, -0.15) is 4.98 Å². The molecular formula is C21H28N2O2. The van der Waals surface area contributed by atoms with E-state index >= 15 is 0 Å². The molecule has 0 aliphatic carbocycles. The lowest BCUT2D eigenvalue weighted by Gasteiger charge is -2.04. The van der Waals surface area contributed by atoms with Crippen molar-refractivity contribution in [2.75, 3.05) is 5.32 Å². The van der Waals surface area contributed by atoms with Crippen molar-refractivity contribution < 1.29 is 4.42 Å². The largest absolute Gasteiger partial charge is 0.388 e. The van der Waals surface area contributed by atoms with Gasteiger partial charge in [0.05, 0.1) is 10.9 Å². The van der Waals surface area contributed by atoms with Gasteiger partial charge in [-0.3, -0.25) is 0 Å². The highest BCUT2D eigenvalue weighted by Gasteiger charge is 2.05. The highest BCUT2D eigenvalue weighted by atomic mass is 16.4. The Morgan fingerprint density at radius 3 is 2.08 bits per heavy atom. The average molecular weight is 340 g/mol. The van der Waals surface area contributed by atoms with Crippen molar-refractivity contribution in [2.24, 2.45) is 0 Å². The van der Waals surface area contributed by atoms with Gasteiger partial charge < -0.3 is 9.73 Å². The number of rotatable bonds is 2. The Bertz CT molecular complexity index is 806. The van der Waals surface area contributed by atoms with Crippen molar-refractivity contribution in [2.45, 2.75) is 47.5 Å². The van der Waals surface area contributed by atoms with Gasteiger partial charge in [-0.15, -0.1) is 0 Å². The number of aryl methyl sites for hydroxylation is 1. The first-order chi connectivity index (χ1) is 12.0. The molecule has 2 aromatic carbocycles. The van der Waals surface area contributed by atoms with Gasteiger partial charge in [-0.05, 0) is 31.2 Å². The Kier molecular flexibility index (Phi) is 9.01. The maximum absolute atomic E-state index is 11.8. The Labute approximate surface area is 149 Å². The lowest BCUT2D eigenvalue weighted by atomic mass is 10.2. The Hall–Kier alpha value is -2.62. The van der Waals surface area contributed by atoms with E-state index in [1.54, 1.807) is 18.2 Å². The first kappa shape index (κ1) is 20.4. The number of hydrogen-bond donors (Lipinski definition) is 1. The van der Waals surface area contributed by atoms with E-state index in [1.165, 1.54) is 18.4 Å². The lowest BCUT2D eigenvalue weighted by molar-refractivity contribution is 0.522. The van der Waals surface area contributed by atoms with Gasteiger partial charge in [0.2, 0.25) is 0 Å². The van der Waals surface area contributed by atoms with Crippen LogP contribution in [0.4, 0.5) is 11.7 Å². The molecule has 0 aliphatic rings. The number of aromatic nitrogens is 1. The van der Waals surface area contributed by atoms with E-state index in [1.807, 2.05) is 37.3 Å². The molecule has 3 rings (SSSR count). The Morgan fingerprint density at radius 1 is 0.920 bits per heavy atom. The molecule has 1 aromatic heterocycles. The molecule has 1 N–H and O–H groups in total. The van der Waals surface area contributed by atoms with Crippen molar-refractivity contribution in [3.8, 4) is 0 Å². The van der Waals surface area contributed by atoms with Crippen LogP contribution in [0.1, 0.15) is 46.1 Å². The molecule has 0 bridgehead atoms. The van der Waals surface area contributed by atoms with Crippen molar-refractivity contribution in [3.63, 3.8) is 0 Å². The number of nitrogens with zero attached hydrogens (tertiary/aromatic N) is 1. The van der Waals surface area contributed by atoms with Crippen molar-refractivity contribution in [3.05, 3.63) is 64.5 Å². The van der Waals surface area contributed by atoms with E-state index in [9.17, 15) is 4.79 Å². The summed E-state index contributed by atoms with van der Waals surface area (Å²) in [5, 5.41) is 3.47. The zero-order chi connectivity index (χ0) is 18.7. The van der Waals surface area contributed by atoms with Crippen LogP contribution in [0.5, 0.6) is 0 Å². The first-order valence-electron chi connectivity index (χ1n) is 8.79. The number of benzene rings is 2. The van der Waals surface area contributed by atoms with Gasteiger partial charge in [-0.1, -0.05) is 70.4 Å². The summed E-state index contributed by atoms with van der Waals surface area (Å²) in [6.45, 7) is 10.5. The molecule has 25 heavy (non-hydrogen) atoms. The van der Waals surface area contributed by atoms with Gasteiger partial charge in [-0.25, -0.2) is 4.79 Å². The molecule has 0 aliphatic heterocycles. The molecule has 134 valence electrons. The fourth-order valence-corrected chi connectivity index (χ4v) is 1.83. The van der Waals surface area contributed by atoms with E-state index in [0.717, 1.165) is 5.69 Å². The number of para-hydroxylation sites is 1. The minimum Gasteiger partial charge on any atom is -0.388 e. The fourth-order valence-electron chi connectivity index (χ4n) is 1.83. The number of nitrogens with one attached hydrogen (secondary N) is 1. The molecule has 0 atom stereocenters. The monoisotopic (exact) mass is 340 g/mol. The summed E-state index contributed by atoms with van der Waals surface area (Å²) in [6.07, 6.45) is 2.50. The summed E-state index contributed by atoms with van der Waals surface area (Å²) in [6, 6.07) is 15.1. The molecule has 0 spiro atoms. The minimum atomic E-state index is -0.389. The maximum atomic E-state index is 11.8. The number of fused-ring (bicyclic) bond motifs is 1. The van der Waals surface area contributed by atoms with Gasteiger partial charge in [0.25, 0.3) is 0 Å². The van der Waals surface area contributed by atoms with Gasteiger partial charge >= 0.3 is 11.6 Å². The van der Waals surface area contributed by atoms with E-state index in [4.69, 9.17) is 4.42 Å². The van der Waals surface area contributed by atoms with Crippen LogP contribution >= 0.6 is 0 Å². The zero-order valence-electron chi connectivity index (χ0n) is 15.8. The fraction of sp³-hybridized carbons (Fsp3) is 0.333. The summed E-state index contributed by atoms with van der Waals surface area (Å²) in [5.74, 6) is 0. The van der Waals surface area contributed by atoms with Crippen LogP contribution in [-0.4, -0.2) is 4.98 Å². The second kappa shape index (κ2) is 11.0. The normalized spacial score (nSPS) is 9.48. The number of hydrogen-bond acceptors (Lipinski definition) is 4. The molecule has 0 saturated heterocycles. The van der Waals surface area contributed by atoms with Gasteiger partial charge in [0.1, 0.15) is 0 Å². The van der Waals surface area contributed by atoms with Crippen LogP contribution < -0.4 is 10.9 Å². The molecule has 4 heteroatoms. The molecule has 0 radical (unpaired) electrons. The summed E-state index contributed by atoms with van der Waals surface area (Å²) >= 11 is 0. The second-order valence-corrected chi connectivity index (χ2v) is 5.73. The molecule has 0 unspecified atom stereocenters. The van der Waals surface area contributed by atoms with Crippen molar-refractivity contribution in [1.29, 1.82) is 0 Å². The molecule has 4 nitrogen and oxygen atoms in total. The molecule has 0 fully saturated rings. The average Bonchev–Trinajstić information content (AvgIpc) is 2.59. The molecule has 1 heterocycles. The van der Waals surface area contributed by atoms with Crippen LogP contribution in [0, 0.1) is 6.92 Å². The molecule has 0 amide bonds. The highest BCUT2D eigenvalue weighted by Crippen LogP contribution is 2.16. The van der Waals surface area contributed by atoms with E-state index in [2.05, 4.69) is 38.0 Å². The number of anilines is 2. The quantitative estimate of drug-likeness (QED) is 0.615. The summed E-state index contributed by atoms with van der Waals surface area (Å²) in [4.78, 5) is 16.1. The standard InChI is InChI=1S/C15H12N2O2.2C3H8/c1-10-6-8-11(9-7-10)16-15-17-13-5-3-2-4-12(13)14(18)19-15;2*1-3-2/h2-9H,1H3,(H,16,17);2*3H2,1-2H3. The molecular weight excluding hydrogens is 312 g/mol. The van der Waals surface area contributed by atoms with Crippen LogP contribution in [0.15, 0.2) is 57.7 Å². The second-order valence-electron chi connectivity index (χ2n) is 5.73. The van der Waals surface area contributed by atoms with E-state index in [0.29, 0.717) is 10.9 Å². The zero-order valence-corrected chi connectivity index (χ0v) is 15.8. The third kappa shape index (κ3) is 6.79. The SMILES string of the molecule is CCC.CCC.Cc1ccc(Nc2nc3ccccc3c(=O)o2)cc1. The van der Waals surface area contributed by atoms with Crippen LogP contribution in [-0.2, 0) is 0 Å². The van der Waals surface area contributed by atoms with Crippen LogP contribution in [0.3, 0.4) is 0 Å². The first-order valence-corrected chi connectivity index (χ1v) is 8.79. The van der Waals surface area contributed by atoms with E-state index in [-0.39, 0.29) is 11.6 Å². The van der Waals surface area contributed by atoms with Gasteiger partial charge in [0, 0.05) is 5.69 Å². The van der Waals surface area contributed by atoms with Crippen LogP contribution in [0.2, 0.25) is 0 Å². The minimum absolute atomic E-state index is 0.201. The third-order valence-electron chi connectivity index (χ3n) is 2.84. The van der Waals surface area contributed by atoms with Crippen molar-refractivity contribution >= 4 is 22.6 Å². The van der Waals surface area contributed by atoms with Crippen molar-refractivity contribution in [1.82, 2.24) is 4.98 Å². The predicted octanol–water partition coefficient (Wildman–Crippen LogP) is 6.07. The molecule has 3 aromatic rings. The van der Waals surface area contributed by atoms with Gasteiger partial charge in [0.15, 0.2) is 0 Å². The maximum Gasteiger partial charge on any atom is 0.348 e. The third-order valence-corrected chi connectivity index (χ3v) is 2.84. The lowest BCUT2D eigenvalue weighted by Crippen LogP contribution is -2.04. The topological polar surface area (TPSA) is 55.1 Å². The predicted molar refractivity (Wildman–Crippen MR) is 107 cm³/mol. The highest BCUT2D eigenvalue weighted by molar-refractivity contribution is 5.77. The summed E-state index contributed by atoms with van der Waals surface area (Å²) < 4.78 is 5.15. The Balaban J connectivity index is 0.000000460. The summed E-state index contributed by atoms with van der Waals surface area (Å²) in [7, 11) is 0. The molecule has 0 saturated carbocycles.